The van der Waals surface area contributed by atoms with Crippen molar-refractivity contribution in [2.75, 3.05) is 19.0 Å². The minimum atomic E-state index is -0.0869. The van der Waals surface area contributed by atoms with E-state index >= 15 is 0 Å². The van der Waals surface area contributed by atoms with Gasteiger partial charge in [0.2, 0.25) is 0 Å². The molecule has 0 unspecified atom stereocenters. The van der Waals surface area contributed by atoms with Gasteiger partial charge in [-0.05, 0) is 17.3 Å². The van der Waals surface area contributed by atoms with Gasteiger partial charge in [-0.2, -0.15) is 0 Å². The number of nitrogens with zero attached hydrogens (tertiary/aromatic N) is 2. The molecule has 0 spiro atoms. The van der Waals surface area contributed by atoms with Gasteiger partial charge < -0.3 is 10.0 Å². The zero-order valence-corrected chi connectivity index (χ0v) is 8.36. The minimum Gasteiger partial charge on any atom is -0.505 e. The summed E-state index contributed by atoms with van der Waals surface area (Å²) in [5.74, 6) is -0.0869. The molecule has 0 aromatic heterocycles. The van der Waals surface area contributed by atoms with Gasteiger partial charge in [0, 0.05) is 42.6 Å². The molecule has 0 heterocycles. The van der Waals surface area contributed by atoms with E-state index in [1.54, 1.807) is 6.07 Å². The van der Waals surface area contributed by atoms with Crippen molar-refractivity contribution in [2.45, 2.75) is 0 Å². The smallest absolute Gasteiger partial charge is 0.149 e. The molecule has 0 amide bonds. The van der Waals surface area contributed by atoms with Gasteiger partial charge in [0.05, 0.1) is 0 Å². The van der Waals surface area contributed by atoms with E-state index in [1.165, 1.54) is 12.1 Å². The Kier molecular flexibility index (Phi) is 4.43. The van der Waals surface area contributed by atoms with E-state index in [1.807, 2.05) is 19.0 Å². The zero-order chi connectivity index (χ0) is 9.14. The average molecular weight is 225 g/mol. The summed E-state index contributed by atoms with van der Waals surface area (Å²) >= 11 is 0. The molecule has 1 radical (unpaired) electrons. The van der Waals surface area contributed by atoms with E-state index in [9.17, 15) is 10.0 Å². The van der Waals surface area contributed by atoms with E-state index in [2.05, 4.69) is 5.18 Å². The first-order valence-corrected chi connectivity index (χ1v) is 3.49. The number of anilines is 1. The molecule has 73 valence electrons. The van der Waals surface area contributed by atoms with Gasteiger partial charge >= 0.3 is 0 Å². The second-order valence-corrected chi connectivity index (χ2v) is 2.66. The number of nitroso groups, excluding NO2 is 1. The molecular weight excluding hydrogens is 215 g/mol. The summed E-state index contributed by atoms with van der Waals surface area (Å²) in [6.45, 7) is 0. The van der Waals surface area contributed by atoms with Gasteiger partial charge in [-0.3, -0.25) is 0 Å². The summed E-state index contributed by atoms with van der Waals surface area (Å²) in [6, 6.07) is 4.70. The Morgan fingerprint density at radius 1 is 1.38 bits per heavy atom. The topological polar surface area (TPSA) is 52.9 Å². The van der Waals surface area contributed by atoms with Gasteiger partial charge in [-0.1, -0.05) is 0 Å². The van der Waals surface area contributed by atoms with Gasteiger partial charge in [0.25, 0.3) is 0 Å². The normalized spacial score (nSPS) is 8.77. The van der Waals surface area contributed by atoms with Crippen LogP contribution in [0.25, 0.3) is 0 Å². The van der Waals surface area contributed by atoms with Crippen LogP contribution in [0.5, 0.6) is 5.75 Å². The number of phenolic OH excluding ortho intramolecular Hbond substituents is 1. The molecule has 13 heavy (non-hydrogen) atoms. The summed E-state index contributed by atoms with van der Waals surface area (Å²) in [5, 5.41) is 11.9. The quantitative estimate of drug-likeness (QED) is 0.781. The number of phenols is 1. The number of hydrogen-bond acceptors (Lipinski definition) is 4. The Balaban J connectivity index is 0.00000144. The maximum Gasteiger partial charge on any atom is 0.149 e. The fourth-order valence-corrected chi connectivity index (χ4v) is 0.867. The monoisotopic (exact) mass is 225 g/mol. The van der Waals surface area contributed by atoms with Gasteiger partial charge in [0.1, 0.15) is 11.4 Å². The zero-order valence-electron chi connectivity index (χ0n) is 7.32. The van der Waals surface area contributed by atoms with Crippen molar-refractivity contribution in [1.82, 2.24) is 0 Å². The molecule has 1 rings (SSSR count). The summed E-state index contributed by atoms with van der Waals surface area (Å²) in [7, 11) is 3.70. The molecule has 0 aliphatic rings. The second-order valence-electron chi connectivity index (χ2n) is 2.66. The standard InChI is InChI=1S/C8H10N2O2.Co/c1-10(2)6-3-4-7(9-12)8(11)5-6;/h3-5,11H,1-2H3;. The first kappa shape index (κ1) is 11.9. The van der Waals surface area contributed by atoms with Crippen molar-refractivity contribution in [3.8, 4) is 5.75 Å². The van der Waals surface area contributed by atoms with Crippen LogP contribution < -0.4 is 4.90 Å². The molecule has 4 nitrogen and oxygen atoms in total. The molecule has 0 aliphatic heterocycles. The molecule has 0 aliphatic carbocycles. The van der Waals surface area contributed by atoms with Crippen LogP contribution in [-0.2, 0) is 16.8 Å². The largest absolute Gasteiger partial charge is 0.505 e. The van der Waals surface area contributed by atoms with Gasteiger partial charge in [-0.15, -0.1) is 4.91 Å². The number of rotatable bonds is 2. The summed E-state index contributed by atoms with van der Waals surface area (Å²) < 4.78 is 0. The molecule has 0 bridgehead atoms. The predicted molar refractivity (Wildman–Crippen MR) is 47.9 cm³/mol. The Morgan fingerprint density at radius 3 is 2.38 bits per heavy atom. The molecular formula is C8H10CoN2O2. The Labute approximate surface area is 86.7 Å². The number of benzene rings is 1. The van der Waals surface area contributed by atoms with E-state index < -0.39 is 0 Å². The van der Waals surface area contributed by atoms with E-state index in [0.717, 1.165) is 5.69 Å². The molecule has 0 saturated heterocycles. The predicted octanol–water partition coefficient (Wildman–Crippen LogP) is 1.85. The maximum atomic E-state index is 10.1. The molecule has 1 aromatic rings. The van der Waals surface area contributed by atoms with Crippen molar-refractivity contribution >= 4 is 11.4 Å². The van der Waals surface area contributed by atoms with Crippen LogP contribution in [0, 0.1) is 4.91 Å². The molecule has 1 aromatic carbocycles. The molecule has 1 N–H and O–H groups in total. The Bertz CT molecular complexity index is 302. The summed E-state index contributed by atoms with van der Waals surface area (Å²) in [4.78, 5) is 11.9. The average Bonchev–Trinajstić information content (AvgIpc) is 2.04. The van der Waals surface area contributed by atoms with Crippen molar-refractivity contribution in [3.05, 3.63) is 23.1 Å². The second kappa shape index (κ2) is 4.83. The Hall–Kier alpha value is -1.07. The van der Waals surface area contributed by atoms with Crippen LogP contribution in [0.1, 0.15) is 0 Å². The van der Waals surface area contributed by atoms with Crippen LogP contribution in [0.15, 0.2) is 23.4 Å². The van der Waals surface area contributed by atoms with E-state index in [4.69, 9.17) is 0 Å². The first-order chi connectivity index (χ1) is 5.65. The minimum absolute atomic E-state index is 0. The number of aromatic hydroxyl groups is 1. The van der Waals surface area contributed by atoms with Gasteiger partial charge in [-0.25, -0.2) is 0 Å². The van der Waals surface area contributed by atoms with E-state index in [0.29, 0.717) is 0 Å². The number of hydrogen-bond donors (Lipinski definition) is 1. The van der Waals surface area contributed by atoms with Crippen LogP contribution in [0.3, 0.4) is 0 Å². The van der Waals surface area contributed by atoms with Crippen LogP contribution in [-0.4, -0.2) is 19.2 Å². The molecule has 0 fully saturated rings. The third-order valence-electron chi connectivity index (χ3n) is 1.57. The fourth-order valence-electron chi connectivity index (χ4n) is 0.867. The fraction of sp³-hybridized carbons (Fsp3) is 0.250. The Morgan fingerprint density at radius 2 is 2.00 bits per heavy atom. The van der Waals surface area contributed by atoms with Gasteiger partial charge in [0.15, 0.2) is 0 Å². The first-order valence-electron chi connectivity index (χ1n) is 3.49. The van der Waals surface area contributed by atoms with Crippen molar-refractivity contribution in [3.63, 3.8) is 0 Å². The van der Waals surface area contributed by atoms with Crippen molar-refractivity contribution in [1.29, 1.82) is 0 Å². The SMILES string of the molecule is CN(C)c1ccc(N=O)c(O)c1.[Co]. The van der Waals surface area contributed by atoms with E-state index in [-0.39, 0.29) is 28.2 Å². The third kappa shape index (κ3) is 2.71. The molecule has 5 heteroatoms. The van der Waals surface area contributed by atoms with Crippen molar-refractivity contribution in [2.24, 2.45) is 5.18 Å². The summed E-state index contributed by atoms with van der Waals surface area (Å²) in [5.41, 5.74) is 0.903. The van der Waals surface area contributed by atoms with Crippen LogP contribution >= 0.6 is 0 Å². The van der Waals surface area contributed by atoms with Crippen LogP contribution in [0.4, 0.5) is 11.4 Å². The van der Waals surface area contributed by atoms with Crippen LogP contribution in [0.2, 0.25) is 0 Å². The molecule has 0 saturated carbocycles. The maximum absolute atomic E-state index is 10.1. The van der Waals surface area contributed by atoms with Crippen molar-refractivity contribution < 1.29 is 21.9 Å². The third-order valence-corrected chi connectivity index (χ3v) is 1.57. The summed E-state index contributed by atoms with van der Waals surface area (Å²) in [6.07, 6.45) is 0. The molecule has 0 atom stereocenters.